The molecule has 1 amide bonds. The summed E-state index contributed by atoms with van der Waals surface area (Å²) in [6.45, 7) is 4.68. The molecule has 0 aliphatic heterocycles. The minimum Gasteiger partial charge on any atom is -0.360 e. The lowest BCUT2D eigenvalue weighted by Gasteiger charge is -2.16. The lowest BCUT2D eigenvalue weighted by molar-refractivity contribution is -0.120. The van der Waals surface area contributed by atoms with E-state index in [4.69, 9.17) is 0 Å². The Morgan fingerprint density at radius 1 is 1.12 bits per heavy atom. The Morgan fingerprint density at radius 3 is 2.66 bits per heavy atom. The van der Waals surface area contributed by atoms with Gasteiger partial charge in [0.05, 0.1) is 5.25 Å². The summed E-state index contributed by atoms with van der Waals surface area (Å²) in [5, 5.41) is 13.8. The number of benzene rings is 2. The van der Waals surface area contributed by atoms with Crippen molar-refractivity contribution in [2.75, 3.05) is 6.54 Å². The van der Waals surface area contributed by atoms with Crippen molar-refractivity contribution in [1.29, 1.82) is 0 Å². The van der Waals surface area contributed by atoms with E-state index in [0.29, 0.717) is 12.6 Å². The number of amides is 1. The molecular formula is C25H27N5OS. The number of fused-ring (bicyclic) bond motifs is 1. The van der Waals surface area contributed by atoms with Crippen LogP contribution in [0.4, 0.5) is 0 Å². The number of aromatic amines is 1. The SMILES string of the molecule is CC(Sc1nnc(-c2c[nH]c3ccccc23)n1C1CC1)C(=O)NCC(C)c1ccccc1. The molecule has 0 spiro atoms. The highest BCUT2D eigenvalue weighted by atomic mass is 32.2. The zero-order valence-electron chi connectivity index (χ0n) is 18.3. The van der Waals surface area contributed by atoms with Gasteiger partial charge in [0.15, 0.2) is 11.0 Å². The molecule has 1 aliphatic carbocycles. The molecule has 0 saturated heterocycles. The van der Waals surface area contributed by atoms with Crippen LogP contribution in [0.1, 0.15) is 44.2 Å². The molecule has 2 aromatic heterocycles. The summed E-state index contributed by atoms with van der Waals surface area (Å²) in [5.74, 6) is 1.16. The highest BCUT2D eigenvalue weighted by Gasteiger charge is 2.32. The molecule has 1 aliphatic rings. The van der Waals surface area contributed by atoms with Crippen molar-refractivity contribution in [2.24, 2.45) is 0 Å². The van der Waals surface area contributed by atoms with E-state index >= 15 is 0 Å². The van der Waals surface area contributed by atoms with Gasteiger partial charge in [-0.2, -0.15) is 0 Å². The summed E-state index contributed by atoms with van der Waals surface area (Å²) < 4.78 is 2.22. The molecule has 32 heavy (non-hydrogen) atoms. The molecule has 2 unspecified atom stereocenters. The van der Waals surface area contributed by atoms with Crippen LogP contribution in [0, 0.1) is 0 Å². The van der Waals surface area contributed by atoms with Crippen LogP contribution in [0.5, 0.6) is 0 Å². The third-order valence-electron chi connectivity index (χ3n) is 6.01. The predicted octanol–water partition coefficient (Wildman–Crippen LogP) is 5.16. The molecule has 0 bridgehead atoms. The van der Waals surface area contributed by atoms with Crippen molar-refractivity contribution in [1.82, 2.24) is 25.1 Å². The number of aromatic nitrogens is 4. The first-order valence-corrected chi connectivity index (χ1v) is 12.0. The van der Waals surface area contributed by atoms with Crippen molar-refractivity contribution < 1.29 is 4.79 Å². The Morgan fingerprint density at radius 2 is 1.88 bits per heavy atom. The van der Waals surface area contributed by atoms with E-state index in [1.165, 1.54) is 17.3 Å². The number of para-hydroxylation sites is 1. The number of rotatable bonds is 8. The van der Waals surface area contributed by atoms with E-state index < -0.39 is 0 Å². The van der Waals surface area contributed by atoms with Gasteiger partial charge in [0.25, 0.3) is 0 Å². The minimum absolute atomic E-state index is 0.0248. The topological polar surface area (TPSA) is 75.6 Å². The molecule has 5 rings (SSSR count). The fourth-order valence-electron chi connectivity index (χ4n) is 3.97. The molecule has 7 heteroatoms. The monoisotopic (exact) mass is 445 g/mol. The molecule has 164 valence electrons. The van der Waals surface area contributed by atoms with Crippen LogP contribution in [-0.4, -0.2) is 37.5 Å². The summed E-state index contributed by atoms with van der Waals surface area (Å²) in [5.41, 5.74) is 3.37. The summed E-state index contributed by atoms with van der Waals surface area (Å²) >= 11 is 1.48. The average Bonchev–Trinajstić information content (AvgIpc) is 3.44. The Hall–Kier alpha value is -3.06. The first kappa shape index (κ1) is 20.8. The van der Waals surface area contributed by atoms with Gasteiger partial charge in [0.1, 0.15) is 0 Å². The van der Waals surface area contributed by atoms with Crippen LogP contribution in [0.25, 0.3) is 22.3 Å². The van der Waals surface area contributed by atoms with Crippen molar-refractivity contribution in [2.45, 2.75) is 49.1 Å². The Balaban J connectivity index is 1.30. The van der Waals surface area contributed by atoms with Gasteiger partial charge in [0.2, 0.25) is 5.91 Å². The Kier molecular flexibility index (Phi) is 5.74. The summed E-state index contributed by atoms with van der Waals surface area (Å²) in [6.07, 6.45) is 4.25. The summed E-state index contributed by atoms with van der Waals surface area (Å²) in [6, 6.07) is 18.9. The second kappa shape index (κ2) is 8.82. The van der Waals surface area contributed by atoms with Crippen molar-refractivity contribution in [3.8, 4) is 11.4 Å². The van der Waals surface area contributed by atoms with E-state index in [9.17, 15) is 4.79 Å². The smallest absolute Gasteiger partial charge is 0.233 e. The maximum atomic E-state index is 12.8. The maximum absolute atomic E-state index is 12.8. The Labute approximate surface area is 191 Å². The van der Waals surface area contributed by atoms with Gasteiger partial charge in [-0.3, -0.25) is 9.36 Å². The van der Waals surface area contributed by atoms with Crippen LogP contribution >= 0.6 is 11.8 Å². The zero-order chi connectivity index (χ0) is 22.1. The molecule has 1 fully saturated rings. The minimum atomic E-state index is -0.254. The number of H-pyrrole nitrogens is 1. The quantitative estimate of drug-likeness (QED) is 0.367. The molecule has 1 saturated carbocycles. The van der Waals surface area contributed by atoms with Crippen molar-refractivity contribution in [3.05, 3.63) is 66.4 Å². The van der Waals surface area contributed by atoms with Crippen LogP contribution in [0.3, 0.4) is 0 Å². The number of carbonyl (C=O) groups excluding carboxylic acids is 1. The van der Waals surface area contributed by atoms with Crippen molar-refractivity contribution >= 4 is 28.6 Å². The van der Waals surface area contributed by atoms with Crippen LogP contribution in [0.15, 0.2) is 66.0 Å². The standard InChI is InChI=1S/C25H27N5OS/c1-16(18-8-4-3-5-9-18)14-27-24(31)17(2)32-25-29-28-23(30(25)19-12-13-19)21-15-26-22-11-7-6-10-20(21)22/h3-11,15-17,19,26H,12-14H2,1-2H3,(H,27,31). The van der Waals surface area contributed by atoms with Gasteiger partial charge in [-0.25, -0.2) is 0 Å². The third-order valence-corrected chi connectivity index (χ3v) is 7.07. The van der Waals surface area contributed by atoms with E-state index in [1.54, 1.807) is 0 Å². The largest absolute Gasteiger partial charge is 0.360 e. The molecule has 4 aromatic rings. The average molecular weight is 446 g/mol. The van der Waals surface area contributed by atoms with E-state index in [2.05, 4.69) is 56.3 Å². The lowest BCUT2D eigenvalue weighted by atomic mass is 10.0. The van der Waals surface area contributed by atoms with Crippen LogP contribution in [0.2, 0.25) is 0 Å². The molecule has 6 nitrogen and oxygen atoms in total. The zero-order valence-corrected chi connectivity index (χ0v) is 19.1. The second-order valence-electron chi connectivity index (χ2n) is 8.47. The maximum Gasteiger partial charge on any atom is 0.233 e. The number of hydrogen-bond acceptors (Lipinski definition) is 4. The van der Waals surface area contributed by atoms with Crippen molar-refractivity contribution in [3.63, 3.8) is 0 Å². The van der Waals surface area contributed by atoms with E-state index in [1.807, 2.05) is 43.5 Å². The molecule has 2 N–H and O–H groups in total. The number of thioether (sulfide) groups is 1. The van der Waals surface area contributed by atoms with E-state index in [0.717, 1.165) is 40.3 Å². The predicted molar refractivity (Wildman–Crippen MR) is 129 cm³/mol. The van der Waals surface area contributed by atoms with Crippen LogP contribution in [-0.2, 0) is 4.79 Å². The van der Waals surface area contributed by atoms with Gasteiger partial charge < -0.3 is 10.3 Å². The summed E-state index contributed by atoms with van der Waals surface area (Å²) in [4.78, 5) is 16.1. The van der Waals surface area contributed by atoms with Gasteiger partial charge in [0, 0.05) is 35.2 Å². The first-order valence-electron chi connectivity index (χ1n) is 11.1. The van der Waals surface area contributed by atoms with Gasteiger partial charge in [-0.1, -0.05) is 67.2 Å². The highest BCUT2D eigenvalue weighted by Crippen LogP contribution is 2.42. The summed E-state index contributed by atoms with van der Waals surface area (Å²) in [7, 11) is 0. The third kappa shape index (κ3) is 4.17. The fraction of sp³-hybridized carbons (Fsp3) is 0.320. The molecular weight excluding hydrogens is 418 g/mol. The molecule has 0 radical (unpaired) electrons. The number of hydrogen-bond donors (Lipinski definition) is 2. The fourth-order valence-corrected chi connectivity index (χ4v) is 4.91. The lowest BCUT2D eigenvalue weighted by Crippen LogP contribution is -2.33. The Bertz CT molecular complexity index is 1230. The second-order valence-corrected chi connectivity index (χ2v) is 9.78. The van der Waals surface area contributed by atoms with E-state index in [-0.39, 0.29) is 17.1 Å². The highest BCUT2D eigenvalue weighted by molar-refractivity contribution is 8.00. The molecule has 2 aromatic carbocycles. The van der Waals surface area contributed by atoms with Crippen LogP contribution < -0.4 is 5.32 Å². The number of nitrogens with one attached hydrogen (secondary N) is 2. The molecule has 2 heterocycles. The van der Waals surface area contributed by atoms with Gasteiger partial charge in [-0.15, -0.1) is 10.2 Å². The van der Waals surface area contributed by atoms with Gasteiger partial charge >= 0.3 is 0 Å². The number of carbonyl (C=O) groups is 1. The number of nitrogens with zero attached hydrogens (tertiary/aromatic N) is 3. The van der Waals surface area contributed by atoms with Gasteiger partial charge in [-0.05, 0) is 37.3 Å². The normalized spacial score (nSPS) is 15.6. The first-order chi connectivity index (χ1) is 15.6. The molecule has 2 atom stereocenters.